The number of rotatable bonds is 1. The van der Waals surface area contributed by atoms with Gasteiger partial charge in [-0.1, -0.05) is 23.7 Å². The molecule has 0 saturated carbocycles. The number of hydrogen-bond acceptors (Lipinski definition) is 3. The van der Waals surface area contributed by atoms with E-state index in [0.29, 0.717) is 30.2 Å². The molecule has 0 radical (unpaired) electrons. The van der Waals surface area contributed by atoms with Crippen molar-refractivity contribution >= 4 is 29.2 Å². The molecule has 2 aliphatic heterocycles. The molecule has 3 rings (SSSR count). The van der Waals surface area contributed by atoms with E-state index in [4.69, 9.17) is 11.6 Å². The van der Waals surface area contributed by atoms with Crippen LogP contribution in [0.5, 0.6) is 0 Å². The van der Waals surface area contributed by atoms with E-state index in [1.54, 1.807) is 17.0 Å². The Balaban J connectivity index is 1.72. The molecular weight excluding hydrogens is 340 g/mol. The van der Waals surface area contributed by atoms with Gasteiger partial charge in [-0.2, -0.15) is 0 Å². The third-order valence-corrected chi connectivity index (χ3v) is 5.88. The Labute approximate surface area is 153 Å². The first-order valence-corrected chi connectivity index (χ1v) is 9.05. The molecule has 1 aromatic carbocycles. The number of nitrogens with one attached hydrogen (secondary N) is 1. The number of nitrogens with zero attached hydrogens (tertiary/aromatic N) is 3. The zero-order valence-electron chi connectivity index (χ0n) is 14.8. The molecule has 136 valence electrons. The van der Waals surface area contributed by atoms with Gasteiger partial charge in [-0.25, -0.2) is 4.79 Å². The quantitative estimate of drug-likeness (QED) is 0.833. The molecule has 2 aliphatic rings. The van der Waals surface area contributed by atoms with Gasteiger partial charge in [0.15, 0.2) is 0 Å². The predicted octanol–water partition coefficient (Wildman–Crippen LogP) is 2.50. The first-order chi connectivity index (χ1) is 11.9. The van der Waals surface area contributed by atoms with Crippen molar-refractivity contribution in [1.29, 1.82) is 0 Å². The highest BCUT2D eigenvalue weighted by atomic mass is 35.5. The van der Waals surface area contributed by atoms with Crippen LogP contribution in [0.15, 0.2) is 24.3 Å². The minimum absolute atomic E-state index is 0.135. The molecule has 0 bridgehead atoms. The Morgan fingerprint density at radius 2 is 1.92 bits per heavy atom. The van der Waals surface area contributed by atoms with Gasteiger partial charge in [0.05, 0.1) is 10.7 Å². The van der Waals surface area contributed by atoms with Gasteiger partial charge in [0.2, 0.25) is 5.91 Å². The van der Waals surface area contributed by atoms with Crippen LogP contribution in [0.1, 0.15) is 19.3 Å². The highest BCUT2D eigenvalue weighted by Crippen LogP contribution is 2.32. The molecule has 3 amide bonds. The molecule has 7 heteroatoms. The monoisotopic (exact) mass is 364 g/mol. The van der Waals surface area contributed by atoms with Crippen LogP contribution in [0.25, 0.3) is 0 Å². The maximum absolute atomic E-state index is 12.7. The van der Waals surface area contributed by atoms with Crippen molar-refractivity contribution in [2.24, 2.45) is 0 Å². The molecule has 6 nitrogen and oxygen atoms in total. The van der Waals surface area contributed by atoms with Gasteiger partial charge in [-0.15, -0.1) is 0 Å². The Bertz CT molecular complexity index is 668. The lowest BCUT2D eigenvalue weighted by molar-refractivity contribution is -0.129. The predicted molar refractivity (Wildman–Crippen MR) is 98.9 cm³/mol. The fourth-order valence-electron chi connectivity index (χ4n) is 3.69. The van der Waals surface area contributed by atoms with Gasteiger partial charge in [0, 0.05) is 45.2 Å². The van der Waals surface area contributed by atoms with Gasteiger partial charge in [0.25, 0.3) is 0 Å². The minimum Gasteiger partial charge on any atom is -0.346 e. The third-order valence-electron chi connectivity index (χ3n) is 5.55. The van der Waals surface area contributed by atoms with Crippen LogP contribution in [-0.2, 0) is 4.79 Å². The summed E-state index contributed by atoms with van der Waals surface area (Å²) in [5, 5.41) is 3.44. The van der Waals surface area contributed by atoms with Crippen LogP contribution in [0.4, 0.5) is 10.5 Å². The fraction of sp³-hybridized carbons (Fsp3) is 0.556. The molecule has 2 saturated heterocycles. The standard InChI is InChI=1S/C18H25ClN4O2/c1-21-10-9-18(8-7-16(21)24)13-23(12-11-22(18)2)17(25)20-15-6-4-3-5-14(15)19/h3-6H,7-13H2,1-2H3,(H,20,25)/t18-/m0/s1. The van der Waals surface area contributed by atoms with Crippen molar-refractivity contribution in [1.82, 2.24) is 14.7 Å². The summed E-state index contributed by atoms with van der Waals surface area (Å²) in [5.74, 6) is 0.183. The second-order valence-electron chi connectivity index (χ2n) is 7.04. The summed E-state index contributed by atoms with van der Waals surface area (Å²) in [7, 11) is 3.95. The lowest BCUT2D eigenvalue weighted by Crippen LogP contribution is -2.62. The topological polar surface area (TPSA) is 55.9 Å². The van der Waals surface area contributed by atoms with Gasteiger partial charge < -0.3 is 15.1 Å². The van der Waals surface area contributed by atoms with E-state index in [0.717, 1.165) is 25.9 Å². The number of benzene rings is 1. The van der Waals surface area contributed by atoms with Crippen molar-refractivity contribution in [3.05, 3.63) is 29.3 Å². The van der Waals surface area contributed by atoms with Crippen molar-refractivity contribution in [3.8, 4) is 0 Å². The van der Waals surface area contributed by atoms with E-state index in [1.807, 2.05) is 24.1 Å². The average Bonchev–Trinajstić information content (AvgIpc) is 2.74. The first kappa shape index (κ1) is 18.0. The number of amides is 3. The van der Waals surface area contributed by atoms with Crippen LogP contribution >= 0.6 is 11.6 Å². The molecule has 2 heterocycles. The molecule has 1 spiro atoms. The highest BCUT2D eigenvalue weighted by Gasteiger charge is 2.43. The van der Waals surface area contributed by atoms with Crippen molar-refractivity contribution < 1.29 is 9.59 Å². The number of carbonyl (C=O) groups is 2. The molecule has 1 atom stereocenters. The number of carbonyl (C=O) groups excluding carboxylic acids is 2. The smallest absolute Gasteiger partial charge is 0.321 e. The maximum atomic E-state index is 12.7. The van der Waals surface area contributed by atoms with Crippen LogP contribution in [0, 0.1) is 0 Å². The molecule has 2 fully saturated rings. The number of likely N-dealkylation sites (tertiary alicyclic amines) is 1. The summed E-state index contributed by atoms with van der Waals surface area (Å²) >= 11 is 6.14. The van der Waals surface area contributed by atoms with E-state index in [1.165, 1.54) is 0 Å². The summed E-state index contributed by atoms with van der Waals surface area (Å²) in [4.78, 5) is 30.7. The van der Waals surface area contributed by atoms with Crippen LogP contribution < -0.4 is 5.32 Å². The van der Waals surface area contributed by atoms with Crippen LogP contribution in [0.3, 0.4) is 0 Å². The Morgan fingerprint density at radius 3 is 2.68 bits per heavy atom. The summed E-state index contributed by atoms with van der Waals surface area (Å²) in [6.07, 6.45) is 2.19. The van der Waals surface area contributed by atoms with E-state index in [9.17, 15) is 9.59 Å². The Kier molecular flexibility index (Phi) is 5.20. The number of piperazine rings is 1. The van der Waals surface area contributed by atoms with Crippen LogP contribution in [-0.4, -0.2) is 72.5 Å². The molecule has 0 unspecified atom stereocenters. The zero-order valence-corrected chi connectivity index (χ0v) is 15.6. The van der Waals surface area contributed by atoms with E-state index < -0.39 is 0 Å². The van der Waals surface area contributed by atoms with E-state index in [-0.39, 0.29) is 17.5 Å². The minimum atomic E-state index is -0.142. The lowest BCUT2D eigenvalue weighted by atomic mass is 9.86. The van der Waals surface area contributed by atoms with Crippen LogP contribution in [0.2, 0.25) is 5.02 Å². The SMILES string of the molecule is CN1CC[C@@]2(CCC1=O)CN(C(=O)Nc1ccccc1Cl)CCN2C. The second-order valence-corrected chi connectivity index (χ2v) is 7.45. The maximum Gasteiger partial charge on any atom is 0.321 e. The van der Waals surface area contributed by atoms with Crippen molar-refractivity contribution in [2.45, 2.75) is 24.8 Å². The number of halogens is 1. The Hall–Kier alpha value is -1.79. The number of anilines is 1. The number of hydrogen-bond donors (Lipinski definition) is 1. The zero-order chi connectivity index (χ0) is 18.0. The van der Waals surface area contributed by atoms with E-state index in [2.05, 4.69) is 17.3 Å². The summed E-state index contributed by atoms with van der Waals surface area (Å²) < 4.78 is 0. The Morgan fingerprint density at radius 1 is 1.16 bits per heavy atom. The number of likely N-dealkylation sites (N-methyl/N-ethyl adjacent to an activating group) is 1. The van der Waals surface area contributed by atoms with E-state index >= 15 is 0 Å². The number of urea groups is 1. The lowest BCUT2D eigenvalue weighted by Gasteiger charge is -2.49. The van der Waals surface area contributed by atoms with Gasteiger partial charge >= 0.3 is 6.03 Å². The van der Waals surface area contributed by atoms with Gasteiger partial charge in [-0.05, 0) is 32.0 Å². The normalized spacial score (nSPS) is 25.2. The highest BCUT2D eigenvalue weighted by molar-refractivity contribution is 6.33. The van der Waals surface area contributed by atoms with Gasteiger partial charge in [-0.3, -0.25) is 9.69 Å². The fourth-order valence-corrected chi connectivity index (χ4v) is 3.87. The second kappa shape index (κ2) is 7.22. The first-order valence-electron chi connectivity index (χ1n) is 8.67. The average molecular weight is 365 g/mol. The molecule has 0 aliphatic carbocycles. The molecule has 25 heavy (non-hydrogen) atoms. The molecule has 0 aromatic heterocycles. The van der Waals surface area contributed by atoms with Gasteiger partial charge in [0.1, 0.15) is 0 Å². The van der Waals surface area contributed by atoms with Crippen molar-refractivity contribution in [2.75, 3.05) is 45.6 Å². The largest absolute Gasteiger partial charge is 0.346 e. The molecular formula is C18H25ClN4O2. The third kappa shape index (κ3) is 3.75. The summed E-state index contributed by atoms with van der Waals surface area (Å²) in [5.41, 5.74) is 0.481. The summed E-state index contributed by atoms with van der Waals surface area (Å²) in [6, 6.07) is 7.10. The van der Waals surface area contributed by atoms with Crippen molar-refractivity contribution in [3.63, 3.8) is 0 Å². The molecule has 1 aromatic rings. The summed E-state index contributed by atoms with van der Waals surface area (Å²) in [6.45, 7) is 2.82. The molecule has 1 N–H and O–H groups in total. The number of para-hydroxylation sites is 1.